The van der Waals surface area contributed by atoms with Crippen LogP contribution in [0.25, 0.3) is 0 Å². The van der Waals surface area contributed by atoms with E-state index in [1.807, 2.05) is 0 Å². The van der Waals surface area contributed by atoms with Crippen molar-refractivity contribution in [1.29, 1.82) is 0 Å². The molecule has 2 aromatic carbocycles. The summed E-state index contributed by atoms with van der Waals surface area (Å²) in [4.78, 5) is 1.44. The molecule has 0 saturated carbocycles. The van der Waals surface area contributed by atoms with Crippen LogP contribution in [0, 0.1) is 5.92 Å². The fraction of sp³-hybridized carbons (Fsp3) is 0.400. The lowest BCUT2D eigenvalue weighted by Crippen LogP contribution is -3.06. The summed E-state index contributed by atoms with van der Waals surface area (Å²) in [6, 6.07) is 19.6. The SMILES string of the molecule is C[NH+](C)CCO[C@@H]1c2ccccc2C[C@H]1Cc1ccccc1.[Cl-]. The fourth-order valence-electron chi connectivity index (χ4n) is 3.35. The number of halogens is 1. The number of hydrogen-bond acceptors (Lipinski definition) is 1. The molecule has 1 aliphatic rings. The number of fused-ring (bicyclic) bond motifs is 1. The molecule has 3 heteroatoms. The number of quaternary nitrogens is 1. The van der Waals surface area contributed by atoms with Gasteiger partial charge in [0.05, 0.1) is 26.8 Å². The Morgan fingerprint density at radius 3 is 2.43 bits per heavy atom. The molecule has 3 rings (SSSR count). The van der Waals surface area contributed by atoms with Gasteiger partial charge in [0.1, 0.15) is 6.54 Å². The van der Waals surface area contributed by atoms with Crippen LogP contribution in [0.15, 0.2) is 54.6 Å². The summed E-state index contributed by atoms with van der Waals surface area (Å²) in [5.41, 5.74) is 4.27. The standard InChI is InChI=1S/C20H25NO.ClH/c1-21(2)12-13-22-20-18(14-16-8-4-3-5-9-16)15-17-10-6-7-11-19(17)20;/h3-11,18,20H,12-15H2,1-2H3;1H/t18-,20+;/m1./s1. The smallest absolute Gasteiger partial charge is 0.100 e. The predicted molar refractivity (Wildman–Crippen MR) is 90.2 cm³/mol. The van der Waals surface area contributed by atoms with E-state index in [1.165, 1.54) is 21.6 Å². The molecule has 0 fully saturated rings. The molecule has 0 amide bonds. The Balaban J connectivity index is 0.00000192. The maximum absolute atomic E-state index is 6.30. The highest BCUT2D eigenvalue weighted by Gasteiger charge is 2.33. The van der Waals surface area contributed by atoms with Crippen molar-refractivity contribution in [1.82, 2.24) is 0 Å². The predicted octanol–water partition coefficient (Wildman–Crippen LogP) is -0.692. The number of rotatable bonds is 6. The van der Waals surface area contributed by atoms with E-state index >= 15 is 0 Å². The third kappa shape index (κ3) is 4.57. The normalized spacial score (nSPS) is 19.4. The molecular weight excluding hydrogens is 306 g/mol. The first-order chi connectivity index (χ1) is 10.7. The minimum absolute atomic E-state index is 0. The van der Waals surface area contributed by atoms with Crippen molar-refractivity contribution in [3.8, 4) is 0 Å². The molecule has 0 bridgehead atoms. The number of nitrogens with one attached hydrogen (secondary N) is 1. The Bertz CT molecular complexity index is 600. The van der Waals surface area contributed by atoms with Crippen LogP contribution in [0.2, 0.25) is 0 Å². The van der Waals surface area contributed by atoms with E-state index < -0.39 is 0 Å². The van der Waals surface area contributed by atoms with Crippen LogP contribution >= 0.6 is 0 Å². The maximum atomic E-state index is 6.30. The molecule has 2 nitrogen and oxygen atoms in total. The first-order valence-corrected chi connectivity index (χ1v) is 8.26. The molecule has 1 N–H and O–H groups in total. The molecule has 0 aromatic heterocycles. The van der Waals surface area contributed by atoms with E-state index in [2.05, 4.69) is 68.7 Å². The summed E-state index contributed by atoms with van der Waals surface area (Å²) in [6.45, 7) is 1.88. The lowest BCUT2D eigenvalue weighted by Gasteiger charge is -2.22. The van der Waals surface area contributed by atoms with Crippen LogP contribution in [0.5, 0.6) is 0 Å². The summed E-state index contributed by atoms with van der Waals surface area (Å²) in [7, 11) is 4.35. The van der Waals surface area contributed by atoms with Gasteiger partial charge in [0.25, 0.3) is 0 Å². The highest BCUT2D eigenvalue weighted by Crippen LogP contribution is 2.40. The first kappa shape index (κ1) is 18.0. The lowest BCUT2D eigenvalue weighted by molar-refractivity contribution is -0.858. The molecule has 1 aliphatic carbocycles. The topological polar surface area (TPSA) is 13.7 Å². The zero-order chi connectivity index (χ0) is 15.4. The summed E-state index contributed by atoms with van der Waals surface area (Å²) < 4.78 is 6.30. The molecule has 124 valence electrons. The number of benzene rings is 2. The maximum Gasteiger partial charge on any atom is 0.100 e. The zero-order valence-corrected chi connectivity index (χ0v) is 14.7. The molecule has 0 radical (unpaired) electrons. The van der Waals surface area contributed by atoms with Crippen molar-refractivity contribution in [3.63, 3.8) is 0 Å². The number of hydrogen-bond donors (Lipinski definition) is 1. The van der Waals surface area contributed by atoms with E-state index in [1.54, 1.807) is 0 Å². The van der Waals surface area contributed by atoms with E-state index in [-0.39, 0.29) is 18.5 Å². The third-order valence-corrected chi connectivity index (χ3v) is 4.51. The Morgan fingerprint density at radius 1 is 1.00 bits per heavy atom. The van der Waals surface area contributed by atoms with Crippen LogP contribution in [-0.4, -0.2) is 27.2 Å². The summed E-state index contributed by atoms with van der Waals surface area (Å²) in [6.07, 6.45) is 2.47. The van der Waals surface area contributed by atoms with E-state index in [0.29, 0.717) is 5.92 Å². The van der Waals surface area contributed by atoms with E-state index in [9.17, 15) is 0 Å². The Morgan fingerprint density at radius 2 is 1.70 bits per heavy atom. The lowest BCUT2D eigenvalue weighted by atomic mass is 9.94. The van der Waals surface area contributed by atoms with Crippen molar-refractivity contribution >= 4 is 0 Å². The number of ether oxygens (including phenoxy) is 1. The highest BCUT2D eigenvalue weighted by molar-refractivity contribution is 5.35. The van der Waals surface area contributed by atoms with E-state index in [0.717, 1.165) is 26.0 Å². The Hall–Kier alpha value is -1.35. The van der Waals surface area contributed by atoms with Crippen molar-refractivity contribution in [3.05, 3.63) is 71.3 Å². The third-order valence-electron chi connectivity index (χ3n) is 4.51. The van der Waals surface area contributed by atoms with Gasteiger partial charge in [-0.3, -0.25) is 0 Å². The molecular formula is C20H26ClNO. The van der Waals surface area contributed by atoms with Gasteiger partial charge in [0, 0.05) is 0 Å². The Labute approximate surface area is 145 Å². The van der Waals surface area contributed by atoms with Crippen LogP contribution < -0.4 is 17.3 Å². The largest absolute Gasteiger partial charge is 1.00 e. The van der Waals surface area contributed by atoms with Gasteiger partial charge < -0.3 is 22.0 Å². The molecule has 0 saturated heterocycles. The van der Waals surface area contributed by atoms with Crippen molar-refractivity contribution in [2.75, 3.05) is 27.2 Å². The van der Waals surface area contributed by atoms with Crippen molar-refractivity contribution in [2.45, 2.75) is 18.9 Å². The minimum atomic E-state index is 0. The first-order valence-electron chi connectivity index (χ1n) is 8.26. The molecule has 0 unspecified atom stereocenters. The molecule has 2 aromatic rings. The summed E-state index contributed by atoms with van der Waals surface area (Å²) >= 11 is 0. The highest BCUT2D eigenvalue weighted by atomic mass is 35.5. The minimum Gasteiger partial charge on any atom is -1.00 e. The number of likely N-dealkylation sites (N-methyl/N-ethyl adjacent to an activating group) is 1. The van der Waals surface area contributed by atoms with Crippen LogP contribution in [-0.2, 0) is 17.6 Å². The molecule has 23 heavy (non-hydrogen) atoms. The quantitative estimate of drug-likeness (QED) is 0.740. The molecule has 0 aliphatic heterocycles. The zero-order valence-electron chi connectivity index (χ0n) is 14.0. The van der Waals surface area contributed by atoms with Gasteiger partial charge >= 0.3 is 0 Å². The van der Waals surface area contributed by atoms with Gasteiger partial charge in [-0.05, 0) is 35.4 Å². The summed E-state index contributed by atoms with van der Waals surface area (Å²) in [5, 5.41) is 0. The molecule has 2 atom stereocenters. The van der Waals surface area contributed by atoms with Gasteiger partial charge in [-0.2, -0.15) is 0 Å². The molecule has 0 heterocycles. The second-order valence-electron chi connectivity index (χ2n) is 6.60. The second kappa shape index (κ2) is 8.49. The van der Waals surface area contributed by atoms with Crippen LogP contribution in [0.1, 0.15) is 22.8 Å². The van der Waals surface area contributed by atoms with Crippen LogP contribution in [0.4, 0.5) is 0 Å². The van der Waals surface area contributed by atoms with E-state index in [4.69, 9.17) is 4.74 Å². The average molecular weight is 332 g/mol. The average Bonchev–Trinajstić information content (AvgIpc) is 2.86. The Kier molecular flexibility index (Phi) is 6.64. The van der Waals surface area contributed by atoms with Gasteiger partial charge in [0.2, 0.25) is 0 Å². The molecule has 0 spiro atoms. The second-order valence-corrected chi connectivity index (χ2v) is 6.60. The summed E-state index contributed by atoms with van der Waals surface area (Å²) in [5.74, 6) is 0.553. The van der Waals surface area contributed by atoms with Gasteiger partial charge in [-0.1, -0.05) is 54.6 Å². The van der Waals surface area contributed by atoms with Gasteiger partial charge in [-0.15, -0.1) is 0 Å². The van der Waals surface area contributed by atoms with Crippen molar-refractivity contribution in [2.24, 2.45) is 5.92 Å². The van der Waals surface area contributed by atoms with Gasteiger partial charge in [-0.25, -0.2) is 0 Å². The van der Waals surface area contributed by atoms with Crippen molar-refractivity contribution < 1.29 is 22.0 Å². The fourth-order valence-corrected chi connectivity index (χ4v) is 3.35. The monoisotopic (exact) mass is 331 g/mol. The van der Waals surface area contributed by atoms with Gasteiger partial charge in [0.15, 0.2) is 0 Å². The van der Waals surface area contributed by atoms with Crippen LogP contribution in [0.3, 0.4) is 0 Å².